The first-order chi connectivity index (χ1) is 15.5. The van der Waals surface area contributed by atoms with E-state index in [0.29, 0.717) is 18.6 Å². The van der Waals surface area contributed by atoms with Crippen LogP contribution in [0.25, 0.3) is 0 Å². The van der Waals surface area contributed by atoms with Crippen LogP contribution in [0.4, 0.5) is 0 Å². The highest BCUT2D eigenvalue weighted by atomic mass is 31.2. The number of carbonyl (C=O) groups excluding carboxylic acids is 1. The molecule has 0 saturated heterocycles. The van der Waals surface area contributed by atoms with Gasteiger partial charge in [-0.15, -0.1) is 0 Å². The molecule has 0 amide bonds. The Hall–Kier alpha value is -2.02. The number of aliphatic hydroxyl groups is 1. The summed E-state index contributed by atoms with van der Waals surface area (Å²) in [5.74, 6) is -0.456. The second kappa shape index (κ2) is 14.2. The lowest BCUT2D eigenvalue weighted by Gasteiger charge is -2.22. The predicted octanol–water partition coefficient (Wildman–Crippen LogP) is 4.84. The number of aliphatic hydroxyl groups excluding tert-OH is 1. The van der Waals surface area contributed by atoms with Crippen molar-refractivity contribution in [2.45, 2.75) is 45.5 Å². The molecule has 32 heavy (non-hydrogen) atoms. The molecule has 0 fully saturated rings. The van der Waals surface area contributed by atoms with E-state index < -0.39 is 25.8 Å². The maximum absolute atomic E-state index is 12.6. The summed E-state index contributed by atoms with van der Waals surface area (Å²) in [6, 6.07) is 18.4. The van der Waals surface area contributed by atoms with E-state index in [2.05, 4.69) is 0 Å². The largest absolute Gasteiger partial charge is 0.456 e. The second-order valence-corrected chi connectivity index (χ2v) is 9.36. The summed E-state index contributed by atoms with van der Waals surface area (Å²) in [5, 5.41) is 10.4. The van der Waals surface area contributed by atoms with Crippen LogP contribution in [0.3, 0.4) is 0 Å². The summed E-state index contributed by atoms with van der Waals surface area (Å²) in [6.07, 6.45) is -1.01. The number of hydrogen-bond donors (Lipinski definition) is 1. The summed E-state index contributed by atoms with van der Waals surface area (Å²) < 4.78 is 34.5. The van der Waals surface area contributed by atoms with Crippen molar-refractivity contribution in [2.24, 2.45) is 0 Å². The molecule has 2 aromatic carbocycles. The smallest absolute Gasteiger partial charge is 0.338 e. The van der Waals surface area contributed by atoms with Gasteiger partial charge in [0.05, 0.1) is 44.3 Å². The third kappa shape index (κ3) is 9.63. The molecule has 0 aliphatic rings. The van der Waals surface area contributed by atoms with E-state index in [-0.39, 0.29) is 32.4 Å². The highest BCUT2D eigenvalue weighted by Crippen LogP contribution is 2.48. The van der Waals surface area contributed by atoms with Crippen LogP contribution in [0, 0.1) is 0 Å². The van der Waals surface area contributed by atoms with Crippen LogP contribution in [0.5, 0.6) is 0 Å². The molecule has 0 radical (unpaired) electrons. The molecule has 0 bridgehead atoms. The Morgan fingerprint density at radius 1 is 0.938 bits per heavy atom. The summed E-state index contributed by atoms with van der Waals surface area (Å²) in [5.41, 5.74) is 1.45. The van der Waals surface area contributed by atoms with Crippen molar-refractivity contribution >= 4 is 13.6 Å². The molecular weight excluding hydrogens is 431 g/mol. The van der Waals surface area contributed by atoms with Crippen LogP contribution in [-0.4, -0.2) is 49.3 Å². The number of hydrogen-bond acceptors (Lipinski definition) is 7. The van der Waals surface area contributed by atoms with Gasteiger partial charge in [0, 0.05) is 0 Å². The maximum atomic E-state index is 12.6. The predicted molar refractivity (Wildman–Crippen MR) is 123 cm³/mol. The average molecular weight is 464 g/mol. The van der Waals surface area contributed by atoms with Gasteiger partial charge in [0.25, 0.3) is 0 Å². The van der Waals surface area contributed by atoms with Crippen LogP contribution >= 0.6 is 7.60 Å². The maximum Gasteiger partial charge on any atom is 0.338 e. The van der Waals surface area contributed by atoms with Gasteiger partial charge >= 0.3 is 13.6 Å². The molecule has 2 atom stereocenters. The molecular formula is C24H33O7P. The monoisotopic (exact) mass is 464 g/mol. The van der Waals surface area contributed by atoms with Crippen molar-refractivity contribution in [1.82, 2.24) is 0 Å². The molecule has 0 aromatic heterocycles. The van der Waals surface area contributed by atoms with Crippen LogP contribution in [-0.2, 0) is 29.7 Å². The first-order valence-electron chi connectivity index (χ1n) is 10.9. The Labute approximate surface area is 190 Å². The minimum Gasteiger partial charge on any atom is -0.456 e. The fourth-order valence-electron chi connectivity index (χ4n) is 3.12. The van der Waals surface area contributed by atoms with Gasteiger partial charge in [-0.25, -0.2) is 4.79 Å². The van der Waals surface area contributed by atoms with Crippen LogP contribution in [0.2, 0.25) is 0 Å². The molecule has 0 aliphatic heterocycles. The molecule has 176 valence electrons. The highest BCUT2D eigenvalue weighted by Gasteiger charge is 2.28. The molecule has 0 saturated carbocycles. The number of esters is 1. The van der Waals surface area contributed by atoms with E-state index in [1.54, 1.807) is 38.1 Å². The zero-order valence-electron chi connectivity index (χ0n) is 18.7. The van der Waals surface area contributed by atoms with Crippen molar-refractivity contribution in [3.63, 3.8) is 0 Å². The molecule has 2 unspecified atom stereocenters. The van der Waals surface area contributed by atoms with Crippen LogP contribution in [0.15, 0.2) is 60.7 Å². The van der Waals surface area contributed by atoms with Crippen molar-refractivity contribution < 1.29 is 33.0 Å². The summed E-state index contributed by atoms with van der Waals surface area (Å²) in [7, 11) is -3.36. The lowest BCUT2D eigenvalue weighted by Crippen LogP contribution is -2.26. The van der Waals surface area contributed by atoms with Gasteiger partial charge in [-0.1, -0.05) is 48.5 Å². The zero-order chi connectivity index (χ0) is 23.2. The summed E-state index contributed by atoms with van der Waals surface area (Å²) in [6.45, 7) is 4.47. The third-order valence-electron chi connectivity index (χ3n) is 4.61. The molecule has 7 nitrogen and oxygen atoms in total. The first-order valence-corrected chi connectivity index (χ1v) is 12.6. The average Bonchev–Trinajstić information content (AvgIpc) is 2.78. The van der Waals surface area contributed by atoms with E-state index in [9.17, 15) is 14.5 Å². The fourth-order valence-corrected chi connectivity index (χ4v) is 4.89. The van der Waals surface area contributed by atoms with Gasteiger partial charge in [-0.05, 0) is 44.4 Å². The second-order valence-electron chi connectivity index (χ2n) is 7.25. The summed E-state index contributed by atoms with van der Waals surface area (Å²) in [4.78, 5) is 12.5. The lowest BCUT2D eigenvalue weighted by molar-refractivity contribution is -0.0150. The number of carbonyl (C=O) groups is 1. The van der Waals surface area contributed by atoms with Gasteiger partial charge in [-0.2, -0.15) is 0 Å². The van der Waals surface area contributed by atoms with Crippen molar-refractivity contribution in [3.05, 3.63) is 71.8 Å². The Morgan fingerprint density at radius 3 is 2.12 bits per heavy atom. The van der Waals surface area contributed by atoms with Crippen molar-refractivity contribution in [2.75, 3.05) is 26.0 Å². The van der Waals surface area contributed by atoms with Crippen LogP contribution < -0.4 is 0 Å². The molecule has 2 aromatic rings. The van der Waals surface area contributed by atoms with Gasteiger partial charge in [-0.3, -0.25) is 4.57 Å². The Morgan fingerprint density at radius 2 is 1.53 bits per heavy atom. The Bertz CT molecular complexity index is 819. The lowest BCUT2D eigenvalue weighted by atomic mass is 10.1. The van der Waals surface area contributed by atoms with E-state index >= 15 is 0 Å². The van der Waals surface area contributed by atoms with Gasteiger partial charge < -0.3 is 23.6 Å². The normalized spacial score (nSPS) is 13.5. The zero-order valence-corrected chi connectivity index (χ0v) is 19.6. The first kappa shape index (κ1) is 26.2. The molecule has 0 aliphatic carbocycles. The molecule has 8 heteroatoms. The molecule has 0 heterocycles. The Kier molecular flexibility index (Phi) is 11.6. The van der Waals surface area contributed by atoms with Gasteiger partial charge in [0.1, 0.15) is 6.10 Å². The fraction of sp³-hybridized carbons (Fsp3) is 0.458. The van der Waals surface area contributed by atoms with E-state index in [4.69, 9.17) is 18.5 Å². The van der Waals surface area contributed by atoms with Crippen molar-refractivity contribution in [3.8, 4) is 0 Å². The van der Waals surface area contributed by atoms with E-state index in [0.717, 1.165) is 5.56 Å². The SMILES string of the molecule is CCOP(=O)(CC(O)CCC(COCc1ccccc1)OC(=O)c1ccccc1)OCC. The third-order valence-corrected chi connectivity index (χ3v) is 6.78. The van der Waals surface area contributed by atoms with Crippen molar-refractivity contribution in [1.29, 1.82) is 0 Å². The minimum atomic E-state index is -3.36. The summed E-state index contributed by atoms with van der Waals surface area (Å²) >= 11 is 0. The number of rotatable bonds is 15. The van der Waals surface area contributed by atoms with Gasteiger partial charge in [0.2, 0.25) is 0 Å². The molecule has 2 rings (SSSR count). The number of benzene rings is 2. The highest BCUT2D eigenvalue weighted by molar-refractivity contribution is 7.53. The van der Waals surface area contributed by atoms with Crippen LogP contribution in [0.1, 0.15) is 42.6 Å². The quantitative estimate of drug-likeness (QED) is 0.298. The molecule has 0 spiro atoms. The van der Waals surface area contributed by atoms with Gasteiger partial charge in [0.15, 0.2) is 0 Å². The van der Waals surface area contributed by atoms with E-state index in [1.165, 1.54) is 0 Å². The standard InChI is InChI=1S/C24H33O7P/c1-3-29-32(27,30-4-2)19-22(25)15-16-23(18-28-17-20-11-7-5-8-12-20)31-24(26)21-13-9-6-10-14-21/h5-14,22-23,25H,3-4,15-19H2,1-2H3. The Balaban J connectivity index is 1.94. The van der Waals surface area contributed by atoms with E-state index in [1.807, 2.05) is 36.4 Å². The minimum absolute atomic E-state index is 0.112. The molecule has 1 N–H and O–H groups in total. The topological polar surface area (TPSA) is 91.3 Å². The number of ether oxygens (including phenoxy) is 2.